The van der Waals surface area contributed by atoms with E-state index in [0.717, 1.165) is 51.0 Å². The first kappa shape index (κ1) is 17.9. The zero-order chi connectivity index (χ0) is 18.3. The lowest BCUT2D eigenvalue weighted by Gasteiger charge is -2.25. The van der Waals surface area contributed by atoms with Crippen LogP contribution in [0.4, 0.5) is 5.13 Å². The van der Waals surface area contributed by atoms with Crippen molar-refractivity contribution in [2.45, 2.75) is 30.4 Å². The van der Waals surface area contributed by atoms with Crippen molar-refractivity contribution in [3.05, 3.63) is 26.6 Å². The van der Waals surface area contributed by atoms with E-state index in [4.69, 9.17) is 4.74 Å². The fourth-order valence-electron chi connectivity index (χ4n) is 2.80. The van der Waals surface area contributed by atoms with Crippen molar-refractivity contribution in [3.8, 4) is 0 Å². The predicted octanol–water partition coefficient (Wildman–Crippen LogP) is 3.14. The van der Waals surface area contributed by atoms with Gasteiger partial charge in [0, 0.05) is 18.0 Å². The second-order valence-corrected chi connectivity index (χ2v) is 9.87. The molecule has 1 atom stereocenters. The minimum atomic E-state index is -0.0643. The number of nitrogens with zero attached hydrogens (tertiary/aromatic N) is 4. The standard InChI is InChI=1S/C16H19N5O2S3/c1-8-9(2)24-14-11(8)13(22)17-12(18-14)10(3)25-16-20-19-15(26-16)21-4-6-23-7-5-21/h10H,4-7H2,1-3H3,(H,17,18,22). The number of ether oxygens (including phenoxy) is 1. The Bertz CT molecular complexity index is 990. The van der Waals surface area contributed by atoms with Gasteiger partial charge in [-0.1, -0.05) is 23.1 Å². The van der Waals surface area contributed by atoms with Gasteiger partial charge in [-0.25, -0.2) is 4.98 Å². The van der Waals surface area contributed by atoms with Gasteiger partial charge in [-0.05, 0) is 26.3 Å². The van der Waals surface area contributed by atoms with Crippen molar-refractivity contribution in [2.75, 3.05) is 31.2 Å². The molecule has 1 aliphatic rings. The van der Waals surface area contributed by atoms with E-state index in [1.807, 2.05) is 20.8 Å². The first-order chi connectivity index (χ1) is 12.5. The second kappa shape index (κ2) is 7.26. The van der Waals surface area contributed by atoms with Gasteiger partial charge in [0.15, 0.2) is 4.34 Å². The Morgan fingerprint density at radius 2 is 2.00 bits per heavy atom. The summed E-state index contributed by atoms with van der Waals surface area (Å²) in [6.45, 7) is 9.16. The number of thioether (sulfide) groups is 1. The molecule has 138 valence electrons. The number of anilines is 1. The molecule has 3 aromatic rings. The molecule has 0 amide bonds. The zero-order valence-corrected chi connectivity index (χ0v) is 17.2. The lowest BCUT2D eigenvalue weighted by molar-refractivity contribution is 0.122. The van der Waals surface area contributed by atoms with Crippen LogP contribution in [0.25, 0.3) is 10.2 Å². The van der Waals surface area contributed by atoms with E-state index in [1.165, 1.54) is 0 Å². The number of nitrogens with one attached hydrogen (secondary N) is 1. The molecule has 1 fully saturated rings. The maximum Gasteiger partial charge on any atom is 0.259 e. The number of H-pyrrole nitrogens is 1. The molecule has 0 aromatic carbocycles. The van der Waals surface area contributed by atoms with Crippen LogP contribution in [0.3, 0.4) is 0 Å². The molecule has 0 bridgehead atoms. The molecule has 7 nitrogen and oxygen atoms in total. The summed E-state index contributed by atoms with van der Waals surface area (Å²) in [5, 5.41) is 10.2. The Kier molecular flexibility index (Phi) is 5.00. The van der Waals surface area contributed by atoms with Crippen LogP contribution < -0.4 is 10.5 Å². The molecule has 10 heteroatoms. The third-order valence-corrected chi connectivity index (χ3v) is 7.68. The largest absolute Gasteiger partial charge is 0.378 e. The number of thiophene rings is 1. The molecule has 0 aliphatic carbocycles. The quantitative estimate of drug-likeness (QED) is 0.663. The van der Waals surface area contributed by atoms with Crippen LogP contribution in [0.15, 0.2) is 9.13 Å². The van der Waals surface area contributed by atoms with Gasteiger partial charge < -0.3 is 14.6 Å². The van der Waals surface area contributed by atoms with Crippen LogP contribution >= 0.6 is 34.4 Å². The molecule has 0 saturated carbocycles. The molecule has 4 rings (SSSR count). The summed E-state index contributed by atoms with van der Waals surface area (Å²) in [6.07, 6.45) is 0. The summed E-state index contributed by atoms with van der Waals surface area (Å²) < 4.78 is 6.25. The topological polar surface area (TPSA) is 84.0 Å². The van der Waals surface area contributed by atoms with E-state index in [1.54, 1.807) is 34.4 Å². The van der Waals surface area contributed by atoms with Crippen LogP contribution in [-0.4, -0.2) is 46.5 Å². The number of aromatic amines is 1. The molecule has 3 aromatic heterocycles. The van der Waals surface area contributed by atoms with Crippen molar-refractivity contribution < 1.29 is 4.74 Å². The van der Waals surface area contributed by atoms with Crippen molar-refractivity contribution in [1.29, 1.82) is 0 Å². The lowest BCUT2D eigenvalue weighted by Crippen LogP contribution is -2.36. The zero-order valence-electron chi connectivity index (χ0n) is 14.7. The molecule has 26 heavy (non-hydrogen) atoms. The fourth-order valence-corrected chi connectivity index (χ4v) is 5.93. The van der Waals surface area contributed by atoms with Crippen LogP contribution in [-0.2, 0) is 4.74 Å². The number of hydrogen-bond donors (Lipinski definition) is 1. The minimum absolute atomic E-state index is 0.0136. The Balaban J connectivity index is 1.55. The third kappa shape index (κ3) is 3.38. The molecule has 1 saturated heterocycles. The van der Waals surface area contributed by atoms with Crippen LogP contribution in [0.5, 0.6) is 0 Å². The second-order valence-electron chi connectivity index (χ2n) is 6.12. The van der Waals surface area contributed by atoms with Crippen molar-refractivity contribution in [2.24, 2.45) is 0 Å². The molecular weight excluding hydrogens is 390 g/mol. The average molecular weight is 410 g/mol. The number of aromatic nitrogens is 4. The van der Waals surface area contributed by atoms with Crippen molar-refractivity contribution in [3.63, 3.8) is 0 Å². The van der Waals surface area contributed by atoms with E-state index in [2.05, 4.69) is 25.1 Å². The summed E-state index contributed by atoms with van der Waals surface area (Å²) in [6, 6.07) is 0. The van der Waals surface area contributed by atoms with Gasteiger partial charge in [-0.2, -0.15) is 0 Å². The molecule has 1 N–H and O–H groups in total. The van der Waals surface area contributed by atoms with E-state index in [-0.39, 0.29) is 10.8 Å². The van der Waals surface area contributed by atoms with Gasteiger partial charge in [0.1, 0.15) is 10.7 Å². The van der Waals surface area contributed by atoms with Crippen LogP contribution in [0, 0.1) is 13.8 Å². The van der Waals surface area contributed by atoms with Crippen LogP contribution in [0.2, 0.25) is 0 Å². The lowest BCUT2D eigenvalue weighted by atomic mass is 10.2. The average Bonchev–Trinajstić information content (AvgIpc) is 3.21. The van der Waals surface area contributed by atoms with Gasteiger partial charge in [0.25, 0.3) is 5.56 Å². The Morgan fingerprint density at radius 1 is 1.23 bits per heavy atom. The van der Waals surface area contributed by atoms with Gasteiger partial charge in [-0.3, -0.25) is 4.79 Å². The van der Waals surface area contributed by atoms with Crippen molar-refractivity contribution in [1.82, 2.24) is 20.2 Å². The number of fused-ring (bicyclic) bond motifs is 1. The normalized spacial score (nSPS) is 16.3. The summed E-state index contributed by atoms with van der Waals surface area (Å²) in [4.78, 5) is 24.2. The third-order valence-electron chi connectivity index (χ3n) is 4.40. The Hall–Kier alpha value is -1.49. The SMILES string of the molecule is Cc1sc2nc(C(C)Sc3nnc(N4CCOCC4)s3)[nH]c(=O)c2c1C. The predicted molar refractivity (Wildman–Crippen MR) is 107 cm³/mol. The van der Waals surface area contributed by atoms with Crippen LogP contribution in [0.1, 0.15) is 28.4 Å². The van der Waals surface area contributed by atoms with E-state index >= 15 is 0 Å². The smallest absolute Gasteiger partial charge is 0.259 e. The van der Waals surface area contributed by atoms with Gasteiger partial charge in [-0.15, -0.1) is 21.5 Å². The number of aryl methyl sites for hydroxylation is 2. The molecule has 1 aliphatic heterocycles. The molecule has 0 radical (unpaired) electrons. The molecule has 1 unspecified atom stereocenters. The van der Waals surface area contributed by atoms with Gasteiger partial charge in [0.2, 0.25) is 5.13 Å². The Labute approximate surface area is 162 Å². The summed E-state index contributed by atoms with van der Waals surface area (Å²) in [5.74, 6) is 0.678. The van der Waals surface area contributed by atoms with Gasteiger partial charge in [0.05, 0.1) is 23.8 Å². The highest BCUT2D eigenvalue weighted by molar-refractivity contribution is 8.01. The maximum atomic E-state index is 12.5. The highest BCUT2D eigenvalue weighted by Gasteiger charge is 2.20. The first-order valence-electron chi connectivity index (χ1n) is 8.35. The van der Waals surface area contributed by atoms with E-state index < -0.39 is 0 Å². The summed E-state index contributed by atoms with van der Waals surface area (Å²) >= 11 is 4.71. The van der Waals surface area contributed by atoms with Gasteiger partial charge >= 0.3 is 0 Å². The van der Waals surface area contributed by atoms with Crippen molar-refractivity contribution >= 4 is 49.8 Å². The van der Waals surface area contributed by atoms with E-state index in [9.17, 15) is 4.79 Å². The highest BCUT2D eigenvalue weighted by Crippen LogP contribution is 2.37. The molecule has 4 heterocycles. The number of hydrogen-bond acceptors (Lipinski definition) is 9. The maximum absolute atomic E-state index is 12.5. The number of rotatable bonds is 4. The Morgan fingerprint density at radius 3 is 2.77 bits per heavy atom. The first-order valence-corrected chi connectivity index (χ1v) is 10.9. The minimum Gasteiger partial charge on any atom is -0.378 e. The fraction of sp³-hybridized carbons (Fsp3) is 0.500. The highest BCUT2D eigenvalue weighted by atomic mass is 32.2. The summed E-state index contributed by atoms with van der Waals surface area (Å²) in [7, 11) is 0. The summed E-state index contributed by atoms with van der Waals surface area (Å²) in [5.41, 5.74) is 0.954. The molecule has 0 spiro atoms. The molecular formula is C16H19N5O2S3. The monoisotopic (exact) mass is 409 g/mol. The number of morpholine rings is 1. The van der Waals surface area contributed by atoms with E-state index in [0.29, 0.717) is 11.2 Å².